The summed E-state index contributed by atoms with van der Waals surface area (Å²) in [6.45, 7) is 0. The SMILES string of the molecule is Clc1cccc(N2c3ccccc3Oc3ccc4[nH]cnc4c32)c1. The second-order valence-electron chi connectivity index (χ2n) is 5.60. The molecule has 0 amide bonds. The van der Waals surface area contributed by atoms with E-state index in [0.717, 1.165) is 39.6 Å². The molecule has 0 saturated carbocycles. The number of nitrogens with one attached hydrogen (secondary N) is 1. The van der Waals surface area contributed by atoms with E-state index in [9.17, 15) is 0 Å². The molecular weight excluding hydrogens is 322 g/mol. The molecule has 1 aliphatic heterocycles. The fourth-order valence-electron chi connectivity index (χ4n) is 3.12. The van der Waals surface area contributed by atoms with E-state index < -0.39 is 0 Å². The Morgan fingerprint density at radius 3 is 2.79 bits per heavy atom. The number of H-pyrrole nitrogens is 1. The third kappa shape index (κ3) is 1.90. The monoisotopic (exact) mass is 333 g/mol. The number of aromatic amines is 1. The molecule has 4 aromatic rings. The summed E-state index contributed by atoms with van der Waals surface area (Å²) in [5, 5.41) is 0.687. The maximum absolute atomic E-state index is 6.24. The van der Waals surface area contributed by atoms with Gasteiger partial charge in [-0.25, -0.2) is 4.98 Å². The van der Waals surface area contributed by atoms with Crippen molar-refractivity contribution >= 4 is 39.7 Å². The predicted molar refractivity (Wildman–Crippen MR) is 95.9 cm³/mol. The average molecular weight is 334 g/mol. The van der Waals surface area contributed by atoms with E-state index >= 15 is 0 Å². The molecule has 24 heavy (non-hydrogen) atoms. The van der Waals surface area contributed by atoms with Crippen LogP contribution in [0, 0.1) is 0 Å². The fourth-order valence-corrected chi connectivity index (χ4v) is 3.31. The highest BCUT2D eigenvalue weighted by Crippen LogP contribution is 2.52. The number of halogens is 1. The van der Waals surface area contributed by atoms with Crippen molar-refractivity contribution in [2.45, 2.75) is 0 Å². The summed E-state index contributed by atoms with van der Waals surface area (Å²) in [6.07, 6.45) is 1.70. The van der Waals surface area contributed by atoms with Crippen molar-refractivity contribution < 1.29 is 4.74 Å². The smallest absolute Gasteiger partial charge is 0.153 e. The van der Waals surface area contributed by atoms with E-state index in [1.54, 1.807) is 6.33 Å². The third-order valence-corrected chi connectivity index (χ3v) is 4.38. The predicted octanol–water partition coefficient (Wildman–Crippen LogP) is 5.79. The molecule has 116 valence electrons. The summed E-state index contributed by atoms with van der Waals surface area (Å²) in [5.74, 6) is 1.58. The van der Waals surface area contributed by atoms with Gasteiger partial charge in [0.2, 0.25) is 0 Å². The number of hydrogen-bond donors (Lipinski definition) is 1. The Morgan fingerprint density at radius 1 is 0.958 bits per heavy atom. The Balaban J connectivity index is 1.86. The van der Waals surface area contributed by atoms with Crippen molar-refractivity contribution in [2.24, 2.45) is 0 Å². The number of benzene rings is 3. The summed E-state index contributed by atoms with van der Waals surface area (Å²) in [7, 11) is 0. The highest BCUT2D eigenvalue weighted by atomic mass is 35.5. The lowest BCUT2D eigenvalue weighted by atomic mass is 10.1. The molecule has 1 aromatic heterocycles. The normalized spacial score (nSPS) is 12.6. The van der Waals surface area contributed by atoms with Crippen molar-refractivity contribution in [3.8, 4) is 11.5 Å². The number of nitrogens with zero attached hydrogens (tertiary/aromatic N) is 2. The number of para-hydroxylation sites is 2. The topological polar surface area (TPSA) is 41.1 Å². The van der Waals surface area contributed by atoms with Gasteiger partial charge in [-0.2, -0.15) is 0 Å². The number of aromatic nitrogens is 2. The van der Waals surface area contributed by atoms with E-state index in [-0.39, 0.29) is 0 Å². The summed E-state index contributed by atoms with van der Waals surface area (Å²) in [4.78, 5) is 9.79. The van der Waals surface area contributed by atoms with E-state index in [1.807, 2.05) is 60.7 Å². The number of hydrogen-bond acceptors (Lipinski definition) is 3. The molecule has 2 heterocycles. The van der Waals surface area contributed by atoms with Crippen LogP contribution in [0.4, 0.5) is 17.1 Å². The van der Waals surface area contributed by atoms with Crippen molar-refractivity contribution in [2.75, 3.05) is 4.90 Å². The highest BCUT2D eigenvalue weighted by molar-refractivity contribution is 6.30. The molecule has 1 aliphatic rings. The van der Waals surface area contributed by atoms with Gasteiger partial charge in [-0.05, 0) is 42.5 Å². The lowest BCUT2D eigenvalue weighted by molar-refractivity contribution is 0.477. The lowest BCUT2D eigenvalue weighted by Gasteiger charge is -2.33. The number of imidazole rings is 1. The minimum atomic E-state index is 0.687. The molecule has 3 aromatic carbocycles. The first kappa shape index (κ1) is 13.5. The van der Waals surface area contributed by atoms with Crippen LogP contribution in [-0.4, -0.2) is 9.97 Å². The second-order valence-corrected chi connectivity index (χ2v) is 6.03. The molecule has 0 fully saturated rings. The second kappa shape index (κ2) is 5.01. The van der Waals surface area contributed by atoms with Crippen molar-refractivity contribution in [1.29, 1.82) is 0 Å². The van der Waals surface area contributed by atoms with Gasteiger partial charge >= 0.3 is 0 Å². The molecule has 1 N–H and O–H groups in total. The maximum atomic E-state index is 6.24. The van der Waals surface area contributed by atoms with Crippen LogP contribution >= 0.6 is 11.6 Å². The van der Waals surface area contributed by atoms with Crippen LogP contribution in [0.5, 0.6) is 11.5 Å². The number of anilines is 3. The largest absolute Gasteiger partial charge is 0.453 e. The van der Waals surface area contributed by atoms with Gasteiger partial charge in [0.15, 0.2) is 11.5 Å². The van der Waals surface area contributed by atoms with Gasteiger partial charge in [0.25, 0.3) is 0 Å². The highest BCUT2D eigenvalue weighted by Gasteiger charge is 2.28. The maximum Gasteiger partial charge on any atom is 0.153 e. The van der Waals surface area contributed by atoms with Crippen LogP contribution in [0.3, 0.4) is 0 Å². The lowest BCUT2D eigenvalue weighted by Crippen LogP contribution is -2.16. The summed E-state index contributed by atoms with van der Waals surface area (Å²) in [5.41, 5.74) is 4.67. The molecule has 0 bridgehead atoms. The van der Waals surface area contributed by atoms with Crippen LogP contribution in [-0.2, 0) is 0 Å². The van der Waals surface area contributed by atoms with E-state index in [4.69, 9.17) is 16.3 Å². The molecule has 5 heteroatoms. The van der Waals surface area contributed by atoms with Gasteiger partial charge in [-0.3, -0.25) is 0 Å². The number of fused-ring (bicyclic) bond motifs is 4. The Hall–Kier alpha value is -2.98. The molecule has 0 unspecified atom stereocenters. The summed E-state index contributed by atoms with van der Waals surface area (Å²) in [6, 6.07) is 19.7. The molecule has 0 radical (unpaired) electrons. The van der Waals surface area contributed by atoms with Gasteiger partial charge in [0.1, 0.15) is 11.2 Å². The first-order valence-electron chi connectivity index (χ1n) is 7.60. The Bertz CT molecular complexity index is 1070. The molecular formula is C19H12ClN3O. The molecule has 5 rings (SSSR count). The standard InChI is InChI=1S/C19H12ClN3O/c20-12-4-3-5-13(10-12)23-15-6-1-2-7-16(15)24-17-9-8-14-18(19(17)23)22-11-21-14/h1-11H,(H,21,22). The number of rotatable bonds is 1. The Kier molecular flexibility index (Phi) is 2.81. The van der Waals surface area contributed by atoms with Crippen LogP contribution in [0.15, 0.2) is 67.0 Å². The first-order valence-corrected chi connectivity index (χ1v) is 7.98. The van der Waals surface area contributed by atoms with Gasteiger partial charge in [-0.15, -0.1) is 0 Å². The van der Waals surface area contributed by atoms with Crippen molar-refractivity contribution in [3.05, 3.63) is 72.0 Å². The van der Waals surface area contributed by atoms with Gasteiger partial charge < -0.3 is 14.6 Å². The molecule has 0 spiro atoms. The minimum Gasteiger partial charge on any atom is -0.453 e. The van der Waals surface area contributed by atoms with E-state index in [1.165, 1.54) is 0 Å². The molecule has 0 aliphatic carbocycles. The zero-order valence-corrected chi connectivity index (χ0v) is 13.3. The molecule has 0 saturated heterocycles. The zero-order chi connectivity index (χ0) is 16.1. The van der Waals surface area contributed by atoms with Crippen LogP contribution in [0.25, 0.3) is 11.0 Å². The quantitative estimate of drug-likeness (QED) is 0.422. The Morgan fingerprint density at radius 2 is 1.88 bits per heavy atom. The van der Waals surface area contributed by atoms with Crippen LogP contribution in [0.2, 0.25) is 5.02 Å². The average Bonchev–Trinajstić information content (AvgIpc) is 3.08. The van der Waals surface area contributed by atoms with Crippen molar-refractivity contribution in [3.63, 3.8) is 0 Å². The molecule has 4 nitrogen and oxygen atoms in total. The zero-order valence-electron chi connectivity index (χ0n) is 12.5. The van der Waals surface area contributed by atoms with E-state index in [0.29, 0.717) is 5.02 Å². The number of ether oxygens (including phenoxy) is 1. The van der Waals surface area contributed by atoms with Gasteiger partial charge in [-0.1, -0.05) is 29.8 Å². The van der Waals surface area contributed by atoms with Gasteiger partial charge in [0.05, 0.1) is 17.5 Å². The minimum absolute atomic E-state index is 0.687. The third-order valence-electron chi connectivity index (χ3n) is 4.14. The van der Waals surface area contributed by atoms with Gasteiger partial charge in [0, 0.05) is 10.7 Å². The first-order chi connectivity index (χ1) is 11.8. The van der Waals surface area contributed by atoms with Crippen molar-refractivity contribution in [1.82, 2.24) is 9.97 Å². The fraction of sp³-hybridized carbons (Fsp3) is 0. The summed E-state index contributed by atoms with van der Waals surface area (Å²) >= 11 is 6.24. The summed E-state index contributed by atoms with van der Waals surface area (Å²) < 4.78 is 6.11. The van der Waals surface area contributed by atoms with E-state index in [2.05, 4.69) is 14.9 Å². The van der Waals surface area contributed by atoms with Crippen LogP contribution < -0.4 is 9.64 Å². The molecule has 0 atom stereocenters. The Labute approximate surface area is 143 Å². The van der Waals surface area contributed by atoms with Crippen LogP contribution in [0.1, 0.15) is 0 Å².